The summed E-state index contributed by atoms with van der Waals surface area (Å²) in [6, 6.07) is -1.12. The van der Waals surface area contributed by atoms with Crippen molar-refractivity contribution in [2.75, 3.05) is 13.7 Å². The van der Waals surface area contributed by atoms with Gasteiger partial charge in [0.05, 0.1) is 6.34 Å². The van der Waals surface area contributed by atoms with Crippen molar-refractivity contribution < 1.29 is 70.2 Å². The van der Waals surface area contributed by atoms with E-state index < -0.39 is 72.5 Å². The molecule has 3 aliphatic heterocycles. The number of hydrogen-bond acceptors (Lipinski definition) is 14. The first-order valence-electron chi connectivity index (χ1n) is 8.77. The van der Waals surface area contributed by atoms with Crippen molar-refractivity contribution in [3.05, 3.63) is 0 Å². The summed E-state index contributed by atoms with van der Waals surface area (Å²) in [5, 5.41) is 12.6. The second-order valence-electron chi connectivity index (χ2n) is 6.85. The molecule has 0 saturated carbocycles. The van der Waals surface area contributed by atoms with E-state index in [1.807, 2.05) is 0 Å². The topological polar surface area (TPSA) is 282 Å². The highest BCUT2D eigenvalue weighted by atomic mass is 31.3. The predicted octanol–water partition coefficient (Wildman–Crippen LogP) is -2.79. The number of guanidine groups is 1. The number of methoxy groups -OCH3 is 1. The van der Waals surface area contributed by atoms with Gasteiger partial charge in [0.2, 0.25) is 5.79 Å². The van der Waals surface area contributed by atoms with E-state index in [9.17, 15) is 37.8 Å². The molecule has 3 rings (SSSR count). The number of aliphatic imine (C=N–C) groups is 2. The molecule has 0 bridgehead atoms. The van der Waals surface area contributed by atoms with Gasteiger partial charge in [-0.3, -0.25) is 19.6 Å². The molecule has 0 aromatic rings. The number of aliphatic hydroxyl groups is 1. The minimum absolute atomic E-state index is 0.290. The lowest BCUT2D eigenvalue weighted by Crippen LogP contribution is -2.56. The molecular formula is C11H19FN5O14P3. The first-order chi connectivity index (χ1) is 15.5. The normalized spacial score (nSPS) is 37.0. The Labute approximate surface area is 188 Å². The minimum atomic E-state index is -5.82. The van der Waals surface area contributed by atoms with Gasteiger partial charge in [-0.1, -0.05) is 0 Å². The molecule has 3 aliphatic rings. The van der Waals surface area contributed by atoms with Gasteiger partial charge in [0.15, 0.2) is 30.6 Å². The van der Waals surface area contributed by atoms with E-state index in [1.54, 1.807) is 0 Å². The zero-order valence-electron chi connectivity index (χ0n) is 16.7. The van der Waals surface area contributed by atoms with Crippen LogP contribution in [0.25, 0.3) is 0 Å². The molecule has 1 fully saturated rings. The summed E-state index contributed by atoms with van der Waals surface area (Å²) in [6.45, 7) is -1.31. The molecule has 0 aromatic carbocycles. The van der Waals surface area contributed by atoms with E-state index in [1.165, 1.54) is 0 Å². The molecule has 0 aliphatic carbocycles. The Bertz CT molecular complexity index is 1040. The molecule has 8 atom stereocenters. The number of nitrogens with two attached hydrogens (primary N) is 1. The van der Waals surface area contributed by atoms with Crippen molar-refractivity contribution >= 4 is 41.7 Å². The van der Waals surface area contributed by atoms with E-state index in [0.717, 1.165) is 18.3 Å². The predicted molar refractivity (Wildman–Crippen MR) is 103 cm³/mol. The second-order valence-corrected chi connectivity index (χ2v) is 11.3. The maximum atomic E-state index is 15.0. The Morgan fingerprint density at radius 3 is 2.50 bits per heavy atom. The van der Waals surface area contributed by atoms with Gasteiger partial charge in [-0.25, -0.2) is 23.1 Å². The van der Waals surface area contributed by atoms with Crippen LogP contribution in [0.1, 0.15) is 0 Å². The van der Waals surface area contributed by atoms with Gasteiger partial charge in [-0.15, -0.1) is 0 Å². The molecule has 0 spiro atoms. The number of hydrogen-bond donors (Lipinski definition) is 7. The number of fused-ring (bicyclic) bond motifs is 1. The Hall–Kier alpha value is -1.37. The minimum Gasteiger partial charge on any atom is -0.384 e. The average Bonchev–Trinajstić information content (AvgIpc) is 3.18. The van der Waals surface area contributed by atoms with Gasteiger partial charge in [-0.05, 0) is 0 Å². The average molecular weight is 557 g/mol. The Kier molecular flexibility index (Phi) is 7.41. The van der Waals surface area contributed by atoms with E-state index in [-0.39, 0.29) is 5.96 Å². The number of phosphoric ester groups is 1. The van der Waals surface area contributed by atoms with Crippen LogP contribution >= 0.6 is 23.5 Å². The van der Waals surface area contributed by atoms with Gasteiger partial charge in [-0.2, -0.15) is 8.62 Å². The first kappa shape index (κ1) is 27.2. The van der Waals surface area contributed by atoms with Crippen LogP contribution in [0.3, 0.4) is 0 Å². The van der Waals surface area contributed by atoms with Crippen molar-refractivity contribution in [1.29, 1.82) is 0 Å². The third-order valence-corrected chi connectivity index (χ3v) is 8.35. The number of carbonyl (C=O) groups excluding carboxylic acids is 1. The maximum Gasteiger partial charge on any atom is 0.490 e. The number of nitrogens with zero attached hydrogens (tertiary/aromatic N) is 3. The summed E-state index contributed by atoms with van der Waals surface area (Å²) in [6.07, 6.45) is -6.40. The molecule has 3 heterocycles. The molecule has 34 heavy (non-hydrogen) atoms. The van der Waals surface area contributed by atoms with Crippen molar-refractivity contribution in [2.45, 2.75) is 36.5 Å². The zero-order valence-corrected chi connectivity index (χ0v) is 19.4. The van der Waals surface area contributed by atoms with E-state index in [4.69, 9.17) is 25.0 Å². The lowest BCUT2D eigenvalue weighted by Gasteiger charge is -2.33. The fourth-order valence-corrected chi connectivity index (χ4v) is 6.21. The highest BCUT2D eigenvalue weighted by Crippen LogP contribution is 2.66. The third kappa shape index (κ3) is 5.71. The summed E-state index contributed by atoms with van der Waals surface area (Å²) >= 11 is 0. The number of rotatable bonds is 9. The van der Waals surface area contributed by atoms with E-state index >= 15 is 0 Å². The monoisotopic (exact) mass is 557 g/mol. The number of ether oxygens (including phenoxy) is 2. The molecule has 0 aromatic heterocycles. The Morgan fingerprint density at radius 1 is 1.26 bits per heavy atom. The number of phosphoric acid groups is 3. The Morgan fingerprint density at radius 2 is 1.91 bits per heavy atom. The molecule has 1 amide bonds. The standard InChI is InChI=1S/C11H19FN5O14P3/c1-27-11(2-28-33(23,24)31-34(25,26)30-32(20,21)22)6(18)4(12)9(29-11)17-3-14-5-7(17)15-10(13)16-8(5)19/h3-7,9,18H,2H2,1H3,(H,23,24)(H,25,26)(H2,20,21,22)(H3,13,15,16,19)/t4-,5?,6+,7?,9-,11-/m1/s1. The number of halogens is 1. The fraction of sp³-hybridized carbons (Fsp3) is 0.727. The number of nitrogens with one attached hydrogen (secondary N) is 1. The van der Waals surface area contributed by atoms with Crippen LogP contribution in [0.15, 0.2) is 9.98 Å². The van der Waals surface area contributed by atoms with Crippen LogP contribution < -0.4 is 11.1 Å². The van der Waals surface area contributed by atoms with Crippen LogP contribution in [-0.2, 0) is 41.1 Å². The number of carbonyl (C=O) groups is 1. The number of alkyl halides is 1. The van der Waals surface area contributed by atoms with Gasteiger partial charge < -0.3 is 44.8 Å². The second kappa shape index (κ2) is 9.25. The smallest absolute Gasteiger partial charge is 0.384 e. The molecule has 4 unspecified atom stereocenters. The van der Waals surface area contributed by atoms with Crippen LogP contribution in [0.5, 0.6) is 0 Å². The van der Waals surface area contributed by atoms with Crippen LogP contribution in [0.4, 0.5) is 4.39 Å². The number of amides is 1. The van der Waals surface area contributed by atoms with Crippen molar-refractivity contribution in [1.82, 2.24) is 10.2 Å². The van der Waals surface area contributed by atoms with Crippen molar-refractivity contribution in [2.24, 2.45) is 15.7 Å². The number of aliphatic hydroxyl groups excluding tert-OH is 1. The van der Waals surface area contributed by atoms with Gasteiger partial charge >= 0.3 is 23.5 Å². The van der Waals surface area contributed by atoms with Crippen molar-refractivity contribution in [3.63, 3.8) is 0 Å². The van der Waals surface area contributed by atoms with Crippen LogP contribution in [0, 0.1) is 0 Å². The summed E-state index contributed by atoms with van der Waals surface area (Å²) in [7, 11) is -16.2. The van der Waals surface area contributed by atoms with Crippen molar-refractivity contribution in [3.8, 4) is 0 Å². The largest absolute Gasteiger partial charge is 0.490 e. The molecule has 194 valence electrons. The van der Waals surface area contributed by atoms with E-state index in [2.05, 4.69) is 28.4 Å². The first-order valence-corrected chi connectivity index (χ1v) is 13.3. The molecule has 23 heteroatoms. The van der Waals surface area contributed by atoms with Crippen LogP contribution in [-0.4, -0.2) is 98.0 Å². The fourth-order valence-electron chi connectivity index (χ4n) is 3.17. The summed E-state index contributed by atoms with van der Waals surface area (Å²) in [4.78, 5) is 56.6. The molecule has 19 nitrogen and oxygen atoms in total. The molecule has 1 saturated heterocycles. The highest BCUT2D eigenvalue weighted by molar-refractivity contribution is 7.66. The zero-order chi connectivity index (χ0) is 25.7. The third-order valence-electron chi connectivity index (χ3n) is 4.57. The van der Waals surface area contributed by atoms with Gasteiger partial charge in [0.1, 0.15) is 12.7 Å². The summed E-state index contributed by atoms with van der Waals surface area (Å²) < 4.78 is 70.9. The highest BCUT2D eigenvalue weighted by Gasteiger charge is 2.61. The lowest BCUT2D eigenvalue weighted by molar-refractivity contribution is -0.269. The Balaban J connectivity index is 1.74. The van der Waals surface area contributed by atoms with Gasteiger partial charge in [0.25, 0.3) is 5.91 Å². The maximum absolute atomic E-state index is 15.0. The summed E-state index contributed by atoms with van der Waals surface area (Å²) in [5.74, 6) is -3.45. The lowest BCUT2D eigenvalue weighted by atomic mass is 10.1. The SMILES string of the molecule is CO[C@]1(COP(=O)(O)OP(=O)(O)OP(=O)(O)O)O[C@@H](N2C=NC3C(=O)NC(N)=NC32)[C@H](F)[C@@H]1O. The van der Waals surface area contributed by atoms with E-state index in [0.29, 0.717) is 0 Å². The van der Waals surface area contributed by atoms with Crippen LogP contribution in [0.2, 0.25) is 0 Å². The summed E-state index contributed by atoms with van der Waals surface area (Å²) in [5.41, 5.74) is 5.50. The molecule has 0 radical (unpaired) electrons. The molecular weight excluding hydrogens is 538 g/mol. The van der Waals surface area contributed by atoms with Gasteiger partial charge in [0, 0.05) is 7.11 Å². The quantitative estimate of drug-likeness (QED) is 0.141. The molecule has 8 N–H and O–H groups in total.